The number of hydrogen-bond acceptors (Lipinski definition) is 4. The van der Waals surface area contributed by atoms with Crippen LogP contribution in [0.15, 0.2) is 5.16 Å². The number of hydrogen-bond donors (Lipinski definition) is 1. The second-order valence-corrected chi connectivity index (χ2v) is 2.48. The standard InChI is InChI=1S/C9H20N2O2/c1-3-5-11-13-9-7-10-6-8-12-4-2/h5,10H,3-4,6-9H2,1-2H3/b11-5+. The van der Waals surface area contributed by atoms with Gasteiger partial charge in [0.15, 0.2) is 0 Å². The summed E-state index contributed by atoms with van der Waals surface area (Å²) in [6.07, 6.45) is 2.66. The summed E-state index contributed by atoms with van der Waals surface area (Å²) in [7, 11) is 0. The topological polar surface area (TPSA) is 42.8 Å². The van der Waals surface area contributed by atoms with Gasteiger partial charge in [-0.15, -0.1) is 0 Å². The molecule has 0 saturated heterocycles. The first kappa shape index (κ1) is 12.4. The van der Waals surface area contributed by atoms with Crippen molar-refractivity contribution in [2.45, 2.75) is 20.3 Å². The molecular weight excluding hydrogens is 168 g/mol. The van der Waals surface area contributed by atoms with Gasteiger partial charge in [0.05, 0.1) is 6.61 Å². The maximum Gasteiger partial charge on any atom is 0.129 e. The maximum absolute atomic E-state index is 5.15. The molecule has 0 radical (unpaired) electrons. The lowest BCUT2D eigenvalue weighted by atomic mass is 10.6. The molecule has 0 heterocycles. The largest absolute Gasteiger partial charge is 0.395 e. The lowest BCUT2D eigenvalue weighted by Gasteiger charge is -2.03. The third kappa shape index (κ3) is 11.4. The summed E-state index contributed by atoms with van der Waals surface area (Å²) < 4.78 is 5.15. The average molecular weight is 188 g/mol. The summed E-state index contributed by atoms with van der Waals surface area (Å²) in [6, 6.07) is 0. The normalized spacial score (nSPS) is 10.9. The Bertz CT molecular complexity index is 118. The lowest BCUT2D eigenvalue weighted by Crippen LogP contribution is -2.23. The Morgan fingerprint density at radius 3 is 2.69 bits per heavy atom. The zero-order valence-electron chi connectivity index (χ0n) is 8.58. The number of rotatable bonds is 9. The molecule has 0 unspecified atom stereocenters. The van der Waals surface area contributed by atoms with Gasteiger partial charge in [-0.25, -0.2) is 0 Å². The number of nitrogens with zero attached hydrogens (tertiary/aromatic N) is 1. The highest BCUT2D eigenvalue weighted by molar-refractivity contribution is 5.55. The average Bonchev–Trinajstić information content (AvgIpc) is 2.16. The molecule has 0 aliphatic carbocycles. The van der Waals surface area contributed by atoms with Crippen LogP contribution in [0, 0.1) is 0 Å². The fourth-order valence-corrected chi connectivity index (χ4v) is 0.711. The van der Waals surface area contributed by atoms with Crippen LogP contribution in [0.4, 0.5) is 0 Å². The minimum Gasteiger partial charge on any atom is -0.395 e. The maximum atomic E-state index is 5.15. The van der Waals surface area contributed by atoms with E-state index in [1.165, 1.54) is 0 Å². The Morgan fingerprint density at radius 2 is 2.00 bits per heavy atom. The van der Waals surface area contributed by atoms with Gasteiger partial charge in [-0.1, -0.05) is 12.1 Å². The molecule has 0 fully saturated rings. The Kier molecular flexibility index (Phi) is 10.9. The first-order chi connectivity index (χ1) is 6.41. The van der Waals surface area contributed by atoms with Crippen molar-refractivity contribution in [3.63, 3.8) is 0 Å². The Morgan fingerprint density at radius 1 is 1.23 bits per heavy atom. The quantitative estimate of drug-likeness (QED) is 0.334. The molecule has 0 aromatic heterocycles. The predicted molar refractivity (Wildman–Crippen MR) is 54.1 cm³/mol. The predicted octanol–water partition coefficient (Wildman–Crippen LogP) is 1.02. The number of nitrogens with one attached hydrogen (secondary N) is 1. The van der Waals surface area contributed by atoms with Crippen LogP contribution in [-0.2, 0) is 9.57 Å². The third-order valence-corrected chi connectivity index (χ3v) is 1.33. The molecule has 0 aromatic carbocycles. The molecule has 78 valence electrons. The highest BCUT2D eigenvalue weighted by Gasteiger charge is 1.86. The molecule has 0 aliphatic rings. The van der Waals surface area contributed by atoms with Crippen LogP contribution >= 0.6 is 0 Å². The SMILES string of the molecule is CC/C=N/OCCNCCOCC. The Balaban J connectivity index is 2.87. The zero-order valence-corrected chi connectivity index (χ0v) is 8.58. The van der Waals surface area contributed by atoms with Crippen molar-refractivity contribution in [3.8, 4) is 0 Å². The molecule has 0 amide bonds. The first-order valence-corrected chi connectivity index (χ1v) is 4.84. The van der Waals surface area contributed by atoms with Gasteiger partial charge in [0.2, 0.25) is 0 Å². The molecule has 0 rings (SSSR count). The zero-order chi connectivity index (χ0) is 9.78. The molecule has 4 heteroatoms. The highest BCUT2D eigenvalue weighted by atomic mass is 16.6. The number of oxime groups is 1. The Hall–Kier alpha value is -0.610. The fraction of sp³-hybridized carbons (Fsp3) is 0.889. The van der Waals surface area contributed by atoms with E-state index in [1.807, 2.05) is 13.8 Å². The van der Waals surface area contributed by atoms with Gasteiger partial charge in [0.1, 0.15) is 6.61 Å². The molecule has 0 aliphatic heterocycles. The van der Waals surface area contributed by atoms with Gasteiger partial charge in [-0.05, 0) is 13.3 Å². The minimum absolute atomic E-state index is 0.614. The van der Waals surface area contributed by atoms with Crippen LogP contribution in [-0.4, -0.2) is 39.1 Å². The van der Waals surface area contributed by atoms with Gasteiger partial charge in [0, 0.05) is 25.9 Å². The molecule has 0 atom stereocenters. The molecule has 0 spiro atoms. The van der Waals surface area contributed by atoms with Gasteiger partial charge >= 0.3 is 0 Å². The van der Waals surface area contributed by atoms with Gasteiger partial charge < -0.3 is 14.9 Å². The molecule has 0 bridgehead atoms. The Labute approximate surface area is 80.3 Å². The second-order valence-electron chi connectivity index (χ2n) is 2.48. The summed E-state index contributed by atoms with van der Waals surface area (Å²) in [4.78, 5) is 4.95. The van der Waals surface area contributed by atoms with Crippen molar-refractivity contribution in [1.29, 1.82) is 0 Å². The minimum atomic E-state index is 0.614. The van der Waals surface area contributed by atoms with E-state index in [0.29, 0.717) is 6.61 Å². The van der Waals surface area contributed by atoms with Gasteiger partial charge in [-0.2, -0.15) is 0 Å². The summed E-state index contributed by atoms with van der Waals surface area (Å²) in [6.45, 7) is 7.84. The van der Waals surface area contributed by atoms with Crippen molar-refractivity contribution in [3.05, 3.63) is 0 Å². The number of ether oxygens (including phenoxy) is 1. The van der Waals surface area contributed by atoms with Crippen molar-refractivity contribution < 1.29 is 9.57 Å². The van der Waals surface area contributed by atoms with E-state index in [1.54, 1.807) is 6.21 Å². The molecule has 4 nitrogen and oxygen atoms in total. The summed E-state index contributed by atoms with van der Waals surface area (Å²) in [5.41, 5.74) is 0. The fourth-order valence-electron chi connectivity index (χ4n) is 0.711. The molecule has 1 N–H and O–H groups in total. The van der Waals surface area contributed by atoms with Gasteiger partial charge in [0.25, 0.3) is 0 Å². The van der Waals surface area contributed by atoms with Crippen LogP contribution in [0.5, 0.6) is 0 Å². The van der Waals surface area contributed by atoms with E-state index in [0.717, 1.165) is 32.7 Å². The van der Waals surface area contributed by atoms with E-state index >= 15 is 0 Å². The van der Waals surface area contributed by atoms with E-state index < -0.39 is 0 Å². The molecule has 0 aromatic rings. The molecule has 13 heavy (non-hydrogen) atoms. The first-order valence-electron chi connectivity index (χ1n) is 4.84. The van der Waals surface area contributed by atoms with Crippen LogP contribution < -0.4 is 5.32 Å². The van der Waals surface area contributed by atoms with Crippen molar-refractivity contribution >= 4 is 6.21 Å². The van der Waals surface area contributed by atoms with Crippen molar-refractivity contribution in [1.82, 2.24) is 5.32 Å². The van der Waals surface area contributed by atoms with Gasteiger partial charge in [-0.3, -0.25) is 0 Å². The van der Waals surface area contributed by atoms with E-state index in [-0.39, 0.29) is 0 Å². The van der Waals surface area contributed by atoms with Crippen molar-refractivity contribution in [2.24, 2.45) is 5.16 Å². The molecule has 0 saturated carbocycles. The van der Waals surface area contributed by atoms with E-state index in [4.69, 9.17) is 9.57 Å². The van der Waals surface area contributed by atoms with Crippen LogP contribution in [0.2, 0.25) is 0 Å². The summed E-state index contributed by atoms with van der Waals surface area (Å²) >= 11 is 0. The second kappa shape index (κ2) is 11.4. The summed E-state index contributed by atoms with van der Waals surface area (Å²) in [5, 5.41) is 6.90. The van der Waals surface area contributed by atoms with Crippen LogP contribution in [0.3, 0.4) is 0 Å². The van der Waals surface area contributed by atoms with Crippen LogP contribution in [0.1, 0.15) is 20.3 Å². The smallest absolute Gasteiger partial charge is 0.129 e. The van der Waals surface area contributed by atoms with E-state index in [9.17, 15) is 0 Å². The van der Waals surface area contributed by atoms with Crippen LogP contribution in [0.25, 0.3) is 0 Å². The summed E-state index contributed by atoms with van der Waals surface area (Å²) in [5.74, 6) is 0. The van der Waals surface area contributed by atoms with Crippen molar-refractivity contribution in [2.75, 3.05) is 32.9 Å². The highest BCUT2D eigenvalue weighted by Crippen LogP contribution is 1.75. The van der Waals surface area contributed by atoms with E-state index in [2.05, 4.69) is 10.5 Å². The third-order valence-electron chi connectivity index (χ3n) is 1.33. The monoisotopic (exact) mass is 188 g/mol. The molecular formula is C9H20N2O2. The lowest BCUT2D eigenvalue weighted by molar-refractivity contribution is 0.132.